The number of aryl methyl sites for hydroxylation is 1. The molecule has 0 aromatic carbocycles. The van der Waals surface area contributed by atoms with Crippen LogP contribution in [0, 0.1) is 6.92 Å². The van der Waals surface area contributed by atoms with Crippen LogP contribution in [0.2, 0.25) is 0 Å². The van der Waals surface area contributed by atoms with Crippen molar-refractivity contribution in [2.45, 2.75) is 64.9 Å². The summed E-state index contributed by atoms with van der Waals surface area (Å²) in [5.41, 5.74) is 1.94. The molecule has 3 heteroatoms. The molecule has 0 fully saturated rings. The standard InChI is InChI=1S/C15H24ClNO/c1-4-5-6-7-8-13(3)18-15-9-12(2)17-11-14(15)10-16/h9,11,13H,4-8,10H2,1-3H3. The smallest absolute Gasteiger partial charge is 0.127 e. The fourth-order valence-corrected chi connectivity index (χ4v) is 2.11. The van der Waals surface area contributed by atoms with Crippen LogP contribution in [0.25, 0.3) is 0 Å². The molecule has 2 nitrogen and oxygen atoms in total. The first kappa shape index (κ1) is 15.3. The second-order valence-corrected chi connectivity index (χ2v) is 5.11. The Kier molecular flexibility index (Phi) is 7.11. The molecule has 0 aliphatic carbocycles. The molecule has 1 rings (SSSR count). The summed E-state index contributed by atoms with van der Waals surface area (Å²) in [6.45, 7) is 6.32. The van der Waals surface area contributed by atoms with Crippen LogP contribution in [0.3, 0.4) is 0 Å². The van der Waals surface area contributed by atoms with E-state index in [4.69, 9.17) is 16.3 Å². The Morgan fingerprint density at radius 3 is 2.78 bits per heavy atom. The molecule has 102 valence electrons. The molecule has 0 aliphatic rings. The fourth-order valence-electron chi connectivity index (χ4n) is 1.91. The Labute approximate surface area is 116 Å². The summed E-state index contributed by atoms with van der Waals surface area (Å²) < 4.78 is 5.97. The summed E-state index contributed by atoms with van der Waals surface area (Å²) in [6.07, 6.45) is 8.26. The van der Waals surface area contributed by atoms with Crippen LogP contribution in [0.5, 0.6) is 5.75 Å². The molecular weight excluding hydrogens is 246 g/mol. The van der Waals surface area contributed by atoms with Gasteiger partial charge in [0.05, 0.1) is 12.0 Å². The van der Waals surface area contributed by atoms with E-state index in [1.54, 1.807) is 0 Å². The van der Waals surface area contributed by atoms with Crippen LogP contribution in [0.15, 0.2) is 12.3 Å². The number of ether oxygens (including phenoxy) is 1. The van der Waals surface area contributed by atoms with E-state index in [0.717, 1.165) is 23.4 Å². The predicted molar refractivity (Wildman–Crippen MR) is 77.4 cm³/mol. The van der Waals surface area contributed by atoms with E-state index in [2.05, 4.69) is 18.8 Å². The lowest BCUT2D eigenvalue weighted by Gasteiger charge is -2.17. The number of rotatable bonds is 8. The van der Waals surface area contributed by atoms with E-state index in [1.807, 2.05) is 19.2 Å². The summed E-state index contributed by atoms with van der Waals surface area (Å²) in [7, 11) is 0. The molecule has 0 N–H and O–H groups in total. The van der Waals surface area contributed by atoms with E-state index in [0.29, 0.717) is 5.88 Å². The van der Waals surface area contributed by atoms with E-state index in [1.165, 1.54) is 25.7 Å². The van der Waals surface area contributed by atoms with Crippen molar-refractivity contribution in [1.29, 1.82) is 0 Å². The third-order valence-corrected chi connectivity index (χ3v) is 3.30. The lowest BCUT2D eigenvalue weighted by molar-refractivity contribution is 0.204. The number of hydrogen-bond donors (Lipinski definition) is 0. The number of nitrogens with zero attached hydrogens (tertiary/aromatic N) is 1. The molecule has 1 heterocycles. The second kappa shape index (κ2) is 8.36. The third kappa shape index (κ3) is 5.26. The van der Waals surface area contributed by atoms with Crippen LogP contribution in [0.4, 0.5) is 0 Å². The van der Waals surface area contributed by atoms with Crippen LogP contribution in [0.1, 0.15) is 57.2 Å². The molecule has 0 saturated heterocycles. The molecule has 1 aromatic rings. The van der Waals surface area contributed by atoms with Gasteiger partial charge in [0.15, 0.2) is 0 Å². The van der Waals surface area contributed by atoms with E-state index < -0.39 is 0 Å². The van der Waals surface area contributed by atoms with Gasteiger partial charge in [-0.2, -0.15) is 0 Å². The highest BCUT2D eigenvalue weighted by atomic mass is 35.5. The van der Waals surface area contributed by atoms with Crippen LogP contribution >= 0.6 is 11.6 Å². The number of unbranched alkanes of at least 4 members (excludes halogenated alkanes) is 3. The van der Waals surface area contributed by atoms with Gasteiger partial charge >= 0.3 is 0 Å². The van der Waals surface area contributed by atoms with Crippen LogP contribution in [-0.2, 0) is 5.88 Å². The van der Waals surface area contributed by atoms with Gasteiger partial charge in [-0.05, 0) is 26.7 Å². The Morgan fingerprint density at radius 1 is 1.33 bits per heavy atom. The minimum Gasteiger partial charge on any atom is -0.490 e. The maximum atomic E-state index is 5.97. The summed E-state index contributed by atoms with van der Waals surface area (Å²) in [5.74, 6) is 1.34. The van der Waals surface area contributed by atoms with Crippen molar-refractivity contribution < 1.29 is 4.74 Å². The average molecular weight is 270 g/mol. The Hall–Kier alpha value is -0.760. The number of pyridine rings is 1. The van der Waals surface area contributed by atoms with Gasteiger partial charge in [0.2, 0.25) is 0 Å². The third-order valence-electron chi connectivity index (χ3n) is 3.02. The van der Waals surface area contributed by atoms with Crippen LogP contribution in [-0.4, -0.2) is 11.1 Å². The first-order valence-electron chi connectivity index (χ1n) is 6.85. The summed E-state index contributed by atoms with van der Waals surface area (Å²) in [4.78, 5) is 4.24. The van der Waals surface area contributed by atoms with Crippen molar-refractivity contribution in [3.63, 3.8) is 0 Å². The highest BCUT2D eigenvalue weighted by molar-refractivity contribution is 6.17. The number of aromatic nitrogens is 1. The molecule has 0 saturated carbocycles. The highest BCUT2D eigenvalue weighted by Gasteiger charge is 2.09. The van der Waals surface area contributed by atoms with Gasteiger partial charge in [0.1, 0.15) is 5.75 Å². The minimum atomic E-state index is 0.241. The minimum absolute atomic E-state index is 0.241. The van der Waals surface area contributed by atoms with Gasteiger partial charge in [-0.25, -0.2) is 0 Å². The quantitative estimate of drug-likeness (QED) is 0.496. The topological polar surface area (TPSA) is 22.1 Å². The molecule has 1 aromatic heterocycles. The van der Waals surface area contributed by atoms with Crippen molar-refractivity contribution in [2.24, 2.45) is 0 Å². The maximum Gasteiger partial charge on any atom is 0.127 e. The molecule has 1 atom stereocenters. The summed E-state index contributed by atoms with van der Waals surface area (Å²) in [5, 5.41) is 0. The Morgan fingerprint density at radius 2 is 2.11 bits per heavy atom. The van der Waals surface area contributed by atoms with Gasteiger partial charge in [-0.15, -0.1) is 11.6 Å². The molecule has 0 amide bonds. The highest BCUT2D eigenvalue weighted by Crippen LogP contribution is 2.23. The van der Waals surface area contributed by atoms with Gasteiger partial charge in [-0.1, -0.05) is 26.2 Å². The lowest BCUT2D eigenvalue weighted by atomic mass is 10.1. The molecule has 0 spiro atoms. The van der Waals surface area contributed by atoms with Gasteiger partial charge in [0, 0.05) is 23.5 Å². The maximum absolute atomic E-state index is 5.97. The lowest BCUT2D eigenvalue weighted by Crippen LogP contribution is -2.13. The summed E-state index contributed by atoms with van der Waals surface area (Å²) in [6, 6.07) is 1.97. The number of halogens is 1. The van der Waals surface area contributed by atoms with Crippen molar-refractivity contribution in [3.05, 3.63) is 23.5 Å². The van der Waals surface area contributed by atoms with Crippen LogP contribution < -0.4 is 4.74 Å². The normalized spacial score (nSPS) is 12.4. The fraction of sp³-hybridized carbons (Fsp3) is 0.667. The van der Waals surface area contributed by atoms with Crippen molar-refractivity contribution in [2.75, 3.05) is 0 Å². The SMILES string of the molecule is CCCCCCC(C)Oc1cc(C)ncc1CCl. The van der Waals surface area contributed by atoms with Crippen molar-refractivity contribution in [3.8, 4) is 5.75 Å². The molecule has 18 heavy (non-hydrogen) atoms. The van der Waals surface area contributed by atoms with E-state index >= 15 is 0 Å². The number of alkyl halides is 1. The van der Waals surface area contributed by atoms with Gasteiger partial charge in [-0.3, -0.25) is 4.98 Å². The largest absolute Gasteiger partial charge is 0.490 e. The zero-order valence-electron chi connectivity index (χ0n) is 11.7. The average Bonchev–Trinajstić information content (AvgIpc) is 2.35. The Balaban J connectivity index is 2.47. The monoisotopic (exact) mass is 269 g/mol. The van der Waals surface area contributed by atoms with Gasteiger partial charge in [0.25, 0.3) is 0 Å². The molecule has 1 unspecified atom stereocenters. The van der Waals surface area contributed by atoms with E-state index in [-0.39, 0.29) is 6.10 Å². The number of hydrogen-bond acceptors (Lipinski definition) is 2. The zero-order valence-corrected chi connectivity index (χ0v) is 12.5. The molecule has 0 aliphatic heterocycles. The van der Waals surface area contributed by atoms with Crippen molar-refractivity contribution >= 4 is 11.6 Å². The van der Waals surface area contributed by atoms with Crippen molar-refractivity contribution in [1.82, 2.24) is 4.98 Å². The van der Waals surface area contributed by atoms with E-state index in [9.17, 15) is 0 Å². The molecule has 0 bridgehead atoms. The molecule has 0 radical (unpaired) electrons. The second-order valence-electron chi connectivity index (χ2n) is 4.84. The zero-order chi connectivity index (χ0) is 13.4. The van der Waals surface area contributed by atoms with Gasteiger partial charge < -0.3 is 4.74 Å². The first-order valence-corrected chi connectivity index (χ1v) is 7.39. The first-order chi connectivity index (χ1) is 8.67. The predicted octanol–water partition coefficient (Wildman–Crippen LogP) is 4.87. The Bertz CT molecular complexity index is 354. The molecular formula is C15H24ClNO. The summed E-state index contributed by atoms with van der Waals surface area (Å²) >= 11 is 5.89.